The van der Waals surface area contributed by atoms with Gasteiger partial charge in [-0.15, -0.1) is 0 Å². The minimum Gasteiger partial charge on any atom is -0.497 e. The maximum atomic E-state index is 6.07. The van der Waals surface area contributed by atoms with E-state index in [0.29, 0.717) is 0 Å². The second-order valence-electron chi connectivity index (χ2n) is 4.60. The van der Waals surface area contributed by atoms with Gasteiger partial charge >= 0.3 is 0 Å². The number of benzene rings is 2. The van der Waals surface area contributed by atoms with Gasteiger partial charge in [0.15, 0.2) is 0 Å². The number of halogens is 1. The van der Waals surface area contributed by atoms with Crippen molar-refractivity contribution in [2.75, 3.05) is 7.11 Å². The first-order valence-corrected chi connectivity index (χ1v) is 7.22. The highest BCUT2D eigenvalue weighted by molar-refractivity contribution is 9.10. The van der Waals surface area contributed by atoms with Gasteiger partial charge in [-0.3, -0.25) is 0 Å². The molecule has 0 aromatic heterocycles. The molecule has 0 aliphatic rings. The Kier molecular flexibility index (Phi) is 5.04. The molecule has 2 unspecified atom stereocenters. The van der Waals surface area contributed by atoms with Gasteiger partial charge in [-0.05, 0) is 52.7 Å². The van der Waals surface area contributed by atoms with Crippen LogP contribution in [0.15, 0.2) is 53.0 Å². The summed E-state index contributed by atoms with van der Waals surface area (Å²) >= 11 is 3.48. The van der Waals surface area contributed by atoms with E-state index in [9.17, 15) is 0 Å². The Morgan fingerprint density at radius 1 is 1.05 bits per heavy atom. The summed E-state index contributed by atoms with van der Waals surface area (Å²) in [6.07, 6.45) is -0.209. The highest BCUT2D eigenvalue weighted by Crippen LogP contribution is 2.30. The third-order valence-corrected chi connectivity index (χ3v) is 3.67. The van der Waals surface area contributed by atoms with Gasteiger partial charge in [0.25, 0.3) is 0 Å². The molecule has 0 fully saturated rings. The first-order valence-electron chi connectivity index (χ1n) is 6.42. The number of hydrogen-bond donors (Lipinski definition) is 1. The van der Waals surface area contributed by atoms with E-state index in [1.54, 1.807) is 7.11 Å². The maximum absolute atomic E-state index is 6.07. The summed E-state index contributed by atoms with van der Waals surface area (Å²) in [7, 11) is 1.65. The molecule has 2 aromatic rings. The molecule has 0 aliphatic carbocycles. The van der Waals surface area contributed by atoms with Crippen molar-refractivity contribution in [1.82, 2.24) is 0 Å². The van der Waals surface area contributed by atoms with Crippen molar-refractivity contribution in [1.29, 1.82) is 0 Å². The average Bonchev–Trinajstić information content (AvgIpc) is 2.46. The molecular weight excluding hydrogens is 318 g/mol. The molecule has 0 amide bonds. The minimum atomic E-state index is -0.209. The second-order valence-corrected chi connectivity index (χ2v) is 5.46. The Balaban J connectivity index is 2.25. The monoisotopic (exact) mass is 335 g/mol. The van der Waals surface area contributed by atoms with Crippen molar-refractivity contribution in [2.45, 2.75) is 19.1 Å². The van der Waals surface area contributed by atoms with Crippen molar-refractivity contribution in [2.24, 2.45) is 5.73 Å². The van der Waals surface area contributed by atoms with Gasteiger partial charge in [-0.25, -0.2) is 0 Å². The normalized spacial score (nSPS) is 13.6. The van der Waals surface area contributed by atoms with Crippen molar-refractivity contribution in [3.05, 3.63) is 58.6 Å². The van der Waals surface area contributed by atoms with Gasteiger partial charge < -0.3 is 15.2 Å². The fourth-order valence-corrected chi connectivity index (χ4v) is 2.33. The lowest BCUT2D eigenvalue weighted by Crippen LogP contribution is -2.29. The third kappa shape index (κ3) is 3.52. The van der Waals surface area contributed by atoms with Crippen LogP contribution in [0.4, 0.5) is 0 Å². The van der Waals surface area contributed by atoms with Gasteiger partial charge in [0.05, 0.1) is 11.6 Å². The lowest BCUT2D eigenvalue weighted by Gasteiger charge is -2.23. The van der Waals surface area contributed by atoms with Crippen LogP contribution < -0.4 is 15.2 Å². The predicted octanol–water partition coefficient (Wildman–Crippen LogP) is 3.93. The summed E-state index contributed by atoms with van der Waals surface area (Å²) in [5.74, 6) is 1.60. The molecule has 0 saturated heterocycles. The molecule has 2 aromatic carbocycles. The van der Waals surface area contributed by atoms with Gasteiger partial charge in [0, 0.05) is 6.04 Å². The van der Waals surface area contributed by atoms with E-state index in [-0.39, 0.29) is 12.1 Å². The molecule has 0 spiro atoms. The van der Waals surface area contributed by atoms with Crippen LogP contribution in [0.2, 0.25) is 0 Å². The summed E-state index contributed by atoms with van der Waals surface area (Å²) in [5.41, 5.74) is 7.09. The smallest absolute Gasteiger partial charge is 0.139 e. The first kappa shape index (κ1) is 14.9. The van der Waals surface area contributed by atoms with Crippen LogP contribution in [0, 0.1) is 0 Å². The molecule has 20 heavy (non-hydrogen) atoms. The van der Waals surface area contributed by atoms with E-state index in [1.165, 1.54) is 0 Å². The quantitative estimate of drug-likeness (QED) is 0.900. The van der Waals surface area contributed by atoms with E-state index in [1.807, 2.05) is 55.5 Å². The van der Waals surface area contributed by atoms with Gasteiger partial charge in [0.2, 0.25) is 0 Å². The number of methoxy groups -OCH3 is 1. The van der Waals surface area contributed by atoms with Gasteiger partial charge in [-0.2, -0.15) is 0 Å². The van der Waals surface area contributed by atoms with Crippen LogP contribution in [-0.4, -0.2) is 13.2 Å². The van der Waals surface area contributed by atoms with E-state index < -0.39 is 0 Å². The Bertz CT molecular complexity index is 555. The van der Waals surface area contributed by atoms with Crippen LogP contribution >= 0.6 is 15.9 Å². The minimum absolute atomic E-state index is 0.129. The van der Waals surface area contributed by atoms with Crippen LogP contribution in [0.5, 0.6) is 11.5 Å². The summed E-state index contributed by atoms with van der Waals surface area (Å²) in [5, 5.41) is 0. The zero-order valence-electron chi connectivity index (χ0n) is 11.5. The lowest BCUT2D eigenvalue weighted by molar-refractivity contribution is 0.179. The molecular formula is C16H18BrNO2. The Morgan fingerprint density at radius 2 is 1.70 bits per heavy atom. The average molecular weight is 336 g/mol. The summed E-state index contributed by atoms with van der Waals surface area (Å²) in [6.45, 7) is 1.94. The van der Waals surface area contributed by atoms with Crippen LogP contribution in [-0.2, 0) is 0 Å². The van der Waals surface area contributed by atoms with E-state index in [0.717, 1.165) is 21.5 Å². The van der Waals surface area contributed by atoms with Crippen molar-refractivity contribution < 1.29 is 9.47 Å². The molecule has 2 N–H and O–H groups in total. The van der Waals surface area contributed by atoms with Crippen LogP contribution in [0.3, 0.4) is 0 Å². The van der Waals surface area contributed by atoms with E-state index in [2.05, 4.69) is 15.9 Å². The molecule has 2 atom stereocenters. The number of rotatable bonds is 5. The molecule has 3 nitrogen and oxygen atoms in total. The lowest BCUT2D eigenvalue weighted by atomic mass is 10.0. The highest BCUT2D eigenvalue weighted by atomic mass is 79.9. The fourth-order valence-electron chi connectivity index (χ4n) is 1.95. The van der Waals surface area contributed by atoms with Crippen molar-refractivity contribution in [3.63, 3.8) is 0 Å². The molecule has 0 heterocycles. The summed E-state index contributed by atoms with van der Waals surface area (Å²) in [4.78, 5) is 0. The van der Waals surface area contributed by atoms with Crippen LogP contribution in [0.1, 0.15) is 18.6 Å². The summed E-state index contributed by atoms with van der Waals surface area (Å²) < 4.78 is 12.1. The first-order chi connectivity index (χ1) is 9.61. The Labute approximate surface area is 127 Å². The molecule has 4 heteroatoms. The van der Waals surface area contributed by atoms with Crippen molar-refractivity contribution >= 4 is 15.9 Å². The predicted molar refractivity (Wildman–Crippen MR) is 84.2 cm³/mol. The fraction of sp³-hybridized carbons (Fsp3) is 0.250. The van der Waals surface area contributed by atoms with E-state index >= 15 is 0 Å². The third-order valence-electron chi connectivity index (χ3n) is 3.01. The number of hydrogen-bond acceptors (Lipinski definition) is 3. The largest absolute Gasteiger partial charge is 0.497 e. The zero-order chi connectivity index (χ0) is 14.5. The number of para-hydroxylation sites is 1. The maximum Gasteiger partial charge on any atom is 0.139 e. The highest BCUT2D eigenvalue weighted by Gasteiger charge is 2.19. The molecule has 0 bridgehead atoms. The molecule has 106 valence electrons. The van der Waals surface area contributed by atoms with E-state index in [4.69, 9.17) is 15.2 Å². The van der Waals surface area contributed by atoms with Gasteiger partial charge in [0.1, 0.15) is 17.6 Å². The van der Waals surface area contributed by atoms with Gasteiger partial charge in [-0.1, -0.05) is 24.3 Å². The molecule has 0 radical (unpaired) electrons. The number of nitrogens with two attached hydrogens (primary N) is 1. The Hall–Kier alpha value is -1.52. The van der Waals surface area contributed by atoms with Crippen molar-refractivity contribution in [3.8, 4) is 11.5 Å². The zero-order valence-corrected chi connectivity index (χ0v) is 13.1. The SMILES string of the molecule is COc1ccc(C(Oc2ccccc2Br)C(C)N)cc1. The summed E-state index contributed by atoms with van der Waals surface area (Å²) in [6, 6.07) is 15.4. The van der Waals surface area contributed by atoms with Crippen LogP contribution in [0.25, 0.3) is 0 Å². The number of ether oxygens (including phenoxy) is 2. The Morgan fingerprint density at radius 3 is 2.25 bits per heavy atom. The molecule has 0 saturated carbocycles. The standard InChI is InChI=1S/C16H18BrNO2/c1-11(18)16(12-7-9-13(19-2)10-8-12)20-15-6-4-3-5-14(15)17/h3-11,16H,18H2,1-2H3. The molecule has 2 rings (SSSR count). The second kappa shape index (κ2) is 6.77. The topological polar surface area (TPSA) is 44.5 Å². The molecule has 0 aliphatic heterocycles.